The zero-order valence-corrected chi connectivity index (χ0v) is 20.2. The molecular weight excluding hydrogens is 442 g/mol. The average Bonchev–Trinajstić information content (AvgIpc) is 2.88. The van der Waals surface area contributed by atoms with Gasteiger partial charge in [-0.2, -0.15) is 0 Å². The summed E-state index contributed by atoms with van der Waals surface area (Å²) in [4.78, 5) is 23.9. The molecule has 8 nitrogen and oxygen atoms in total. The van der Waals surface area contributed by atoms with Gasteiger partial charge in [-0.15, -0.1) is 6.42 Å². The smallest absolute Gasteiger partial charge is 0.248 e. The van der Waals surface area contributed by atoms with Crippen LogP contribution in [0.3, 0.4) is 0 Å². The van der Waals surface area contributed by atoms with Gasteiger partial charge in [0.05, 0.1) is 18.3 Å². The molecule has 1 aromatic heterocycles. The molecule has 1 saturated heterocycles. The van der Waals surface area contributed by atoms with E-state index in [1.807, 2.05) is 37.3 Å². The van der Waals surface area contributed by atoms with E-state index in [2.05, 4.69) is 31.4 Å². The number of terminal acetylenes is 1. The van der Waals surface area contributed by atoms with E-state index in [-0.39, 0.29) is 12.1 Å². The number of ether oxygens (including phenoxy) is 2. The number of benzene rings is 2. The highest BCUT2D eigenvalue weighted by Gasteiger charge is 2.19. The van der Waals surface area contributed by atoms with E-state index in [1.54, 1.807) is 26.4 Å². The summed E-state index contributed by atoms with van der Waals surface area (Å²) in [6, 6.07) is 11.1. The Morgan fingerprint density at radius 2 is 2.00 bits per heavy atom. The number of nitrogens with zero attached hydrogens (tertiary/aromatic N) is 3. The van der Waals surface area contributed by atoms with E-state index in [4.69, 9.17) is 15.9 Å². The summed E-state index contributed by atoms with van der Waals surface area (Å²) >= 11 is 0. The van der Waals surface area contributed by atoms with Gasteiger partial charge in [0.2, 0.25) is 5.91 Å². The van der Waals surface area contributed by atoms with E-state index in [0.717, 1.165) is 48.1 Å². The molecule has 35 heavy (non-hydrogen) atoms. The Labute approximate surface area is 205 Å². The van der Waals surface area contributed by atoms with Crippen molar-refractivity contribution < 1.29 is 14.3 Å². The molecule has 180 valence electrons. The standard InChI is InChI=1S/C27H29N5O3/c1-5-19-7-6-8-21(13-19)30-27-22-15-24(25(35-4)16-23(22)28-17-29-27)31-26(33)14-20-9-11-32(12-10-20)18(2)34-3/h1,6-8,13-18H,9-12H2,2-4H3,(H,31,33)(H,28,29,30). The fraction of sp³-hybridized carbons (Fsp3) is 0.296. The van der Waals surface area contributed by atoms with Crippen LogP contribution in [0.1, 0.15) is 25.3 Å². The molecule has 1 amide bonds. The maximum absolute atomic E-state index is 12.9. The second-order valence-corrected chi connectivity index (χ2v) is 8.30. The van der Waals surface area contributed by atoms with Crippen LogP contribution in [0.15, 0.2) is 54.4 Å². The molecule has 0 radical (unpaired) electrons. The normalized spacial score (nSPS) is 14.7. The van der Waals surface area contributed by atoms with E-state index in [9.17, 15) is 4.79 Å². The number of rotatable bonds is 7. The molecule has 4 rings (SSSR count). The number of likely N-dealkylation sites (tertiary alicyclic amines) is 1. The van der Waals surface area contributed by atoms with Crippen molar-refractivity contribution in [3.05, 3.63) is 59.9 Å². The van der Waals surface area contributed by atoms with Crippen LogP contribution < -0.4 is 15.4 Å². The number of piperidine rings is 1. The summed E-state index contributed by atoms with van der Waals surface area (Å²) in [5, 5.41) is 7.00. The molecule has 1 atom stereocenters. The molecule has 0 saturated carbocycles. The Kier molecular flexibility index (Phi) is 7.60. The third-order valence-corrected chi connectivity index (χ3v) is 6.14. The van der Waals surface area contributed by atoms with Gasteiger partial charge in [-0.05, 0) is 44.0 Å². The molecule has 1 unspecified atom stereocenters. The number of anilines is 3. The minimum atomic E-state index is -0.195. The van der Waals surface area contributed by atoms with Crippen LogP contribution in [-0.2, 0) is 9.53 Å². The molecule has 1 aliphatic rings. The van der Waals surface area contributed by atoms with Crippen molar-refractivity contribution in [3.8, 4) is 18.1 Å². The van der Waals surface area contributed by atoms with Crippen molar-refractivity contribution in [3.63, 3.8) is 0 Å². The van der Waals surface area contributed by atoms with Crippen molar-refractivity contribution >= 4 is 34.0 Å². The number of hydrogen-bond acceptors (Lipinski definition) is 7. The van der Waals surface area contributed by atoms with Crippen LogP contribution >= 0.6 is 0 Å². The number of fused-ring (bicyclic) bond motifs is 1. The van der Waals surface area contributed by atoms with Crippen LogP contribution in [0.25, 0.3) is 10.9 Å². The molecule has 1 aliphatic heterocycles. The quantitative estimate of drug-likeness (QED) is 0.392. The number of carbonyl (C=O) groups excluding carboxylic acids is 1. The van der Waals surface area contributed by atoms with Gasteiger partial charge in [0.25, 0.3) is 0 Å². The van der Waals surface area contributed by atoms with Gasteiger partial charge in [-0.25, -0.2) is 9.97 Å². The van der Waals surface area contributed by atoms with Crippen molar-refractivity contribution in [1.82, 2.24) is 14.9 Å². The summed E-state index contributed by atoms with van der Waals surface area (Å²) in [6.45, 7) is 3.76. The van der Waals surface area contributed by atoms with Crippen molar-refractivity contribution in [2.75, 3.05) is 37.9 Å². The molecule has 0 bridgehead atoms. The van der Waals surface area contributed by atoms with Crippen LogP contribution in [0.2, 0.25) is 0 Å². The number of nitrogens with one attached hydrogen (secondary N) is 2. The van der Waals surface area contributed by atoms with Crippen LogP contribution in [0.4, 0.5) is 17.2 Å². The first-order valence-electron chi connectivity index (χ1n) is 11.4. The summed E-state index contributed by atoms with van der Waals surface area (Å²) in [7, 11) is 3.27. The van der Waals surface area contributed by atoms with Gasteiger partial charge in [-0.1, -0.05) is 17.6 Å². The average molecular weight is 472 g/mol. The summed E-state index contributed by atoms with van der Waals surface area (Å²) in [6.07, 6.45) is 10.4. The fourth-order valence-corrected chi connectivity index (χ4v) is 4.10. The molecule has 8 heteroatoms. The first-order valence-corrected chi connectivity index (χ1v) is 11.4. The maximum Gasteiger partial charge on any atom is 0.248 e. The lowest BCUT2D eigenvalue weighted by atomic mass is 10.0. The molecule has 3 aromatic rings. The predicted octanol–water partition coefficient (Wildman–Crippen LogP) is 4.32. The molecule has 2 N–H and O–H groups in total. The molecular formula is C27H29N5O3. The second-order valence-electron chi connectivity index (χ2n) is 8.30. The first kappa shape index (κ1) is 24.2. The highest BCUT2D eigenvalue weighted by molar-refractivity contribution is 6.04. The second kappa shape index (κ2) is 11.0. The Balaban J connectivity index is 1.56. The SMILES string of the molecule is C#Cc1cccc(Nc2ncnc3cc(OC)c(NC(=O)C=C4CCN(C(C)OC)CC4)cc23)c1. The van der Waals surface area contributed by atoms with Crippen molar-refractivity contribution in [2.24, 2.45) is 0 Å². The fourth-order valence-electron chi connectivity index (χ4n) is 4.10. The third-order valence-electron chi connectivity index (χ3n) is 6.14. The minimum Gasteiger partial charge on any atom is -0.494 e. The number of methoxy groups -OCH3 is 2. The molecule has 0 spiro atoms. The van der Waals surface area contributed by atoms with Gasteiger partial charge >= 0.3 is 0 Å². The Morgan fingerprint density at radius 1 is 1.20 bits per heavy atom. The predicted molar refractivity (Wildman–Crippen MR) is 138 cm³/mol. The van der Waals surface area contributed by atoms with Crippen LogP contribution in [-0.4, -0.2) is 54.3 Å². The lowest BCUT2D eigenvalue weighted by Gasteiger charge is -2.32. The number of carbonyl (C=O) groups is 1. The monoisotopic (exact) mass is 471 g/mol. The van der Waals surface area contributed by atoms with Crippen LogP contribution in [0, 0.1) is 12.3 Å². The van der Waals surface area contributed by atoms with E-state index in [0.29, 0.717) is 22.8 Å². The summed E-state index contributed by atoms with van der Waals surface area (Å²) in [5.74, 6) is 3.55. The summed E-state index contributed by atoms with van der Waals surface area (Å²) in [5.41, 5.74) is 3.91. The van der Waals surface area contributed by atoms with Gasteiger partial charge in [0.1, 0.15) is 24.1 Å². The lowest BCUT2D eigenvalue weighted by molar-refractivity contribution is -0.112. The zero-order valence-electron chi connectivity index (χ0n) is 20.2. The van der Waals surface area contributed by atoms with Gasteiger partial charge < -0.3 is 20.1 Å². The molecule has 2 heterocycles. The Morgan fingerprint density at radius 3 is 2.71 bits per heavy atom. The molecule has 1 fully saturated rings. The van der Waals surface area contributed by atoms with Gasteiger partial charge in [-0.3, -0.25) is 9.69 Å². The van der Waals surface area contributed by atoms with Gasteiger partial charge in [0, 0.05) is 49.0 Å². The van der Waals surface area contributed by atoms with Crippen molar-refractivity contribution in [2.45, 2.75) is 26.0 Å². The first-order chi connectivity index (χ1) is 17.0. The number of amides is 1. The highest BCUT2D eigenvalue weighted by atomic mass is 16.5. The summed E-state index contributed by atoms with van der Waals surface area (Å²) < 4.78 is 10.9. The van der Waals surface area contributed by atoms with Crippen molar-refractivity contribution in [1.29, 1.82) is 0 Å². The van der Waals surface area contributed by atoms with E-state index < -0.39 is 0 Å². The zero-order chi connectivity index (χ0) is 24.8. The maximum atomic E-state index is 12.9. The largest absolute Gasteiger partial charge is 0.494 e. The highest BCUT2D eigenvalue weighted by Crippen LogP contribution is 2.33. The molecule has 0 aliphatic carbocycles. The molecule has 2 aromatic carbocycles. The van der Waals surface area contributed by atoms with E-state index >= 15 is 0 Å². The lowest BCUT2D eigenvalue weighted by Crippen LogP contribution is -2.39. The topological polar surface area (TPSA) is 88.6 Å². The number of aromatic nitrogens is 2. The minimum absolute atomic E-state index is 0.0753. The Hall–Kier alpha value is -3.93. The number of hydrogen-bond donors (Lipinski definition) is 2. The van der Waals surface area contributed by atoms with E-state index in [1.165, 1.54) is 6.33 Å². The Bertz CT molecular complexity index is 1290. The van der Waals surface area contributed by atoms with Crippen LogP contribution in [0.5, 0.6) is 5.75 Å². The third kappa shape index (κ3) is 5.77. The van der Waals surface area contributed by atoms with Gasteiger partial charge in [0.15, 0.2) is 0 Å².